The van der Waals surface area contributed by atoms with Crippen LogP contribution in [0, 0.1) is 0 Å². The van der Waals surface area contributed by atoms with Gasteiger partial charge >= 0.3 is 0 Å². The molecule has 2 aromatic heterocycles. The molecule has 0 saturated carbocycles. The van der Waals surface area contributed by atoms with Crippen LogP contribution in [0.4, 0.5) is 0 Å². The molecule has 0 spiro atoms. The minimum Gasteiger partial charge on any atom is -0.467 e. The summed E-state index contributed by atoms with van der Waals surface area (Å²) in [5.41, 5.74) is 1.01. The van der Waals surface area contributed by atoms with Crippen LogP contribution in [0.2, 0.25) is 0 Å². The molecule has 0 amide bonds. The Morgan fingerprint density at radius 3 is 3.05 bits per heavy atom. The van der Waals surface area contributed by atoms with E-state index in [1.807, 2.05) is 48.3 Å². The molecule has 0 N–H and O–H groups in total. The number of fused-ring (bicyclic) bond motifs is 1. The molecule has 2 atom stereocenters. The third-order valence-electron chi connectivity index (χ3n) is 3.52. The standard InChI is InChI=1S/C14H13N3OS/c1-2-6-15-10(4-1)12-13(11-5-3-8-18-11)17-7-9-19-14(17)16-12/h1-6,8,12-13H,7,9H2. The summed E-state index contributed by atoms with van der Waals surface area (Å²) in [6.07, 6.45) is 3.55. The van der Waals surface area contributed by atoms with Gasteiger partial charge in [0.15, 0.2) is 5.17 Å². The van der Waals surface area contributed by atoms with Crippen molar-refractivity contribution in [3.8, 4) is 0 Å². The summed E-state index contributed by atoms with van der Waals surface area (Å²) in [5, 5.41) is 1.12. The summed E-state index contributed by atoms with van der Waals surface area (Å²) >= 11 is 1.82. The van der Waals surface area contributed by atoms with E-state index in [2.05, 4.69) is 9.88 Å². The average molecular weight is 271 g/mol. The maximum atomic E-state index is 5.63. The van der Waals surface area contributed by atoms with E-state index < -0.39 is 0 Å². The minimum absolute atomic E-state index is 0.0372. The molecule has 2 unspecified atom stereocenters. The Labute approximate surface area is 115 Å². The van der Waals surface area contributed by atoms with E-state index in [9.17, 15) is 0 Å². The van der Waals surface area contributed by atoms with Crippen LogP contribution >= 0.6 is 11.8 Å². The predicted molar refractivity (Wildman–Crippen MR) is 75.0 cm³/mol. The van der Waals surface area contributed by atoms with Crippen LogP contribution in [0.25, 0.3) is 0 Å². The van der Waals surface area contributed by atoms with Crippen molar-refractivity contribution < 1.29 is 4.42 Å². The van der Waals surface area contributed by atoms with E-state index in [1.165, 1.54) is 0 Å². The molecule has 0 aliphatic carbocycles. The van der Waals surface area contributed by atoms with E-state index in [0.29, 0.717) is 0 Å². The van der Waals surface area contributed by atoms with E-state index in [1.54, 1.807) is 6.26 Å². The summed E-state index contributed by atoms with van der Waals surface area (Å²) < 4.78 is 5.63. The molecule has 19 heavy (non-hydrogen) atoms. The largest absolute Gasteiger partial charge is 0.467 e. The molecule has 96 valence electrons. The number of pyridine rings is 1. The Balaban J connectivity index is 1.78. The fraction of sp³-hybridized carbons (Fsp3) is 0.286. The van der Waals surface area contributed by atoms with Crippen molar-refractivity contribution in [2.24, 2.45) is 4.99 Å². The number of aromatic nitrogens is 1. The summed E-state index contributed by atoms with van der Waals surface area (Å²) in [7, 11) is 0. The van der Waals surface area contributed by atoms with Crippen molar-refractivity contribution in [3.05, 3.63) is 54.2 Å². The van der Waals surface area contributed by atoms with Crippen LogP contribution in [0.3, 0.4) is 0 Å². The van der Waals surface area contributed by atoms with Crippen LogP contribution < -0.4 is 0 Å². The normalized spacial score (nSPS) is 25.5. The van der Waals surface area contributed by atoms with Crippen LogP contribution in [0.5, 0.6) is 0 Å². The van der Waals surface area contributed by atoms with Gasteiger partial charge in [0.05, 0.1) is 12.0 Å². The lowest BCUT2D eigenvalue weighted by molar-refractivity contribution is 0.282. The number of aliphatic imine (C=N–C) groups is 1. The van der Waals surface area contributed by atoms with Gasteiger partial charge in [0, 0.05) is 18.5 Å². The first-order chi connectivity index (χ1) is 9.43. The highest BCUT2D eigenvalue weighted by Crippen LogP contribution is 2.45. The van der Waals surface area contributed by atoms with E-state index in [-0.39, 0.29) is 12.1 Å². The molecule has 5 heteroatoms. The Kier molecular flexibility index (Phi) is 2.58. The average Bonchev–Trinajstić information content (AvgIpc) is 3.15. The summed E-state index contributed by atoms with van der Waals surface area (Å²) in [5.74, 6) is 2.07. The van der Waals surface area contributed by atoms with Crippen molar-refractivity contribution in [2.75, 3.05) is 12.3 Å². The Bertz CT molecular complexity index is 596. The number of rotatable bonds is 2. The Hall–Kier alpha value is -1.75. The maximum absolute atomic E-state index is 5.63. The van der Waals surface area contributed by atoms with Crippen LogP contribution in [-0.4, -0.2) is 27.3 Å². The van der Waals surface area contributed by atoms with Crippen LogP contribution in [-0.2, 0) is 0 Å². The fourth-order valence-corrected chi connectivity index (χ4v) is 3.72. The lowest BCUT2D eigenvalue weighted by Crippen LogP contribution is -2.27. The highest BCUT2D eigenvalue weighted by molar-refractivity contribution is 8.14. The van der Waals surface area contributed by atoms with E-state index in [0.717, 1.165) is 28.9 Å². The van der Waals surface area contributed by atoms with Crippen molar-refractivity contribution in [1.82, 2.24) is 9.88 Å². The molecular weight excluding hydrogens is 258 g/mol. The second-order valence-electron chi connectivity index (χ2n) is 4.61. The zero-order valence-electron chi connectivity index (χ0n) is 10.3. The molecule has 2 aromatic rings. The van der Waals surface area contributed by atoms with Gasteiger partial charge in [-0.1, -0.05) is 17.8 Å². The zero-order valence-corrected chi connectivity index (χ0v) is 11.1. The molecule has 4 rings (SSSR count). The van der Waals surface area contributed by atoms with Crippen molar-refractivity contribution in [2.45, 2.75) is 12.1 Å². The van der Waals surface area contributed by atoms with Crippen LogP contribution in [0.15, 0.2) is 52.2 Å². The molecule has 2 aliphatic heterocycles. The SMILES string of the molecule is c1ccc(C2N=C3SCCN3C2c2ccco2)nc1. The first-order valence-electron chi connectivity index (χ1n) is 6.35. The predicted octanol–water partition coefficient (Wildman–Crippen LogP) is 2.88. The number of furan rings is 1. The molecule has 0 radical (unpaired) electrons. The van der Waals surface area contributed by atoms with Crippen LogP contribution in [0.1, 0.15) is 23.5 Å². The van der Waals surface area contributed by atoms with Gasteiger partial charge in [-0.2, -0.15) is 0 Å². The molecule has 0 bridgehead atoms. The molecular formula is C14H13N3OS. The van der Waals surface area contributed by atoms with Gasteiger partial charge < -0.3 is 9.32 Å². The monoisotopic (exact) mass is 271 g/mol. The molecule has 1 saturated heterocycles. The highest BCUT2D eigenvalue weighted by Gasteiger charge is 2.42. The second kappa shape index (κ2) is 4.42. The lowest BCUT2D eigenvalue weighted by atomic mass is 10.0. The molecule has 4 nitrogen and oxygen atoms in total. The summed E-state index contributed by atoms with van der Waals surface area (Å²) in [4.78, 5) is 11.6. The number of amidine groups is 1. The number of nitrogens with zero attached hydrogens (tertiary/aromatic N) is 3. The van der Waals surface area contributed by atoms with Gasteiger partial charge in [0.1, 0.15) is 17.8 Å². The molecule has 2 aliphatic rings. The first-order valence-corrected chi connectivity index (χ1v) is 7.33. The van der Waals surface area contributed by atoms with Crippen molar-refractivity contribution in [1.29, 1.82) is 0 Å². The topological polar surface area (TPSA) is 41.6 Å². The number of hydrogen-bond donors (Lipinski definition) is 0. The summed E-state index contributed by atoms with van der Waals surface area (Å²) in [6.45, 7) is 1.03. The van der Waals surface area contributed by atoms with E-state index in [4.69, 9.17) is 9.41 Å². The quantitative estimate of drug-likeness (QED) is 0.842. The third kappa shape index (κ3) is 1.76. The fourth-order valence-electron chi connectivity index (χ4n) is 2.69. The van der Waals surface area contributed by atoms with Crippen molar-refractivity contribution in [3.63, 3.8) is 0 Å². The van der Waals surface area contributed by atoms with Gasteiger partial charge in [-0.05, 0) is 24.3 Å². The first kappa shape index (κ1) is 11.1. The Morgan fingerprint density at radius 1 is 1.26 bits per heavy atom. The van der Waals surface area contributed by atoms with E-state index >= 15 is 0 Å². The maximum Gasteiger partial charge on any atom is 0.160 e. The number of thioether (sulfide) groups is 1. The van der Waals surface area contributed by atoms with Gasteiger partial charge in [-0.3, -0.25) is 4.98 Å². The Morgan fingerprint density at radius 2 is 2.26 bits per heavy atom. The second-order valence-corrected chi connectivity index (χ2v) is 5.68. The molecule has 1 fully saturated rings. The van der Waals surface area contributed by atoms with Gasteiger partial charge in [-0.15, -0.1) is 0 Å². The number of hydrogen-bond acceptors (Lipinski definition) is 5. The third-order valence-corrected chi connectivity index (χ3v) is 4.50. The minimum atomic E-state index is 0.0372. The van der Waals surface area contributed by atoms with Gasteiger partial charge in [0.25, 0.3) is 0 Å². The zero-order chi connectivity index (χ0) is 12.7. The highest BCUT2D eigenvalue weighted by atomic mass is 32.2. The van der Waals surface area contributed by atoms with Gasteiger partial charge in [-0.25, -0.2) is 4.99 Å². The molecule has 4 heterocycles. The smallest absolute Gasteiger partial charge is 0.160 e. The van der Waals surface area contributed by atoms with Crippen molar-refractivity contribution >= 4 is 16.9 Å². The summed E-state index contributed by atoms with van der Waals surface area (Å²) in [6, 6.07) is 10.1. The molecule has 0 aromatic carbocycles. The lowest BCUT2D eigenvalue weighted by Gasteiger charge is -2.24. The van der Waals surface area contributed by atoms with Gasteiger partial charge in [0.2, 0.25) is 0 Å².